The van der Waals surface area contributed by atoms with Gasteiger partial charge in [0.2, 0.25) is 5.12 Å². The zero-order valence-electron chi connectivity index (χ0n) is 9.19. The smallest absolute Gasteiger partial charge is 0.318 e. The predicted octanol–water partition coefficient (Wildman–Crippen LogP) is 1.27. The third-order valence-corrected chi connectivity index (χ3v) is 2.88. The summed E-state index contributed by atoms with van der Waals surface area (Å²) in [7, 11) is 0. The molecule has 1 aliphatic heterocycles. The van der Waals surface area contributed by atoms with Crippen LogP contribution in [-0.2, 0) is 4.79 Å². The number of thiol groups is 1. The first kappa shape index (κ1) is 12.4. The molecule has 1 N–H and O–H groups in total. The minimum Gasteiger partial charge on any atom is -0.327 e. The van der Waals surface area contributed by atoms with Crippen LogP contribution in [0, 0.1) is 5.92 Å². The Balaban J connectivity index is 2.50. The maximum absolute atomic E-state index is 11.7. The molecule has 0 spiro atoms. The number of nitrogens with one attached hydrogen (secondary N) is 1. The Morgan fingerprint density at radius 1 is 1.27 bits per heavy atom. The van der Waals surface area contributed by atoms with E-state index in [4.69, 9.17) is 0 Å². The maximum Gasteiger partial charge on any atom is 0.318 e. The molecule has 5 heteroatoms. The summed E-state index contributed by atoms with van der Waals surface area (Å²) in [5.41, 5.74) is 0. The first-order valence-corrected chi connectivity index (χ1v) is 5.75. The quantitative estimate of drug-likeness (QED) is 0.717. The van der Waals surface area contributed by atoms with Crippen molar-refractivity contribution in [1.29, 1.82) is 0 Å². The van der Waals surface area contributed by atoms with E-state index in [1.165, 1.54) is 0 Å². The summed E-state index contributed by atoms with van der Waals surface area (Å²) in [6, 6.07) is -0.630. The SMILES string of the molecule is CC(C)[C@H](NC(=O)N1CCCC1)C(=O)S. The van der Waals surface area contributed by atoms with Gasteiger partial charge in [0.05, 0.1) is 0 Å². The summed E-state index contributed by atoms with van der Waals surface area (Å²) in [4.78, 5) is 24.6. The number of nitrogens with zero attached hydrogens (tertiary/aromatic N) is 1. The van der Waals surface area contributed by atoms with Gasteiger partial charge in [-0.15, -0.1) is 12.6 Å². The summed E-state index contributed by atoms with van der Waals surface area (Å²) in [6.07, 6.45) is 2.10. The molecule has 1 rings (SSSR count). The Morgan fingerprint density at radius 2 is 1.80 bits per heavy atom. The number of likely N-dealkylation sites (tertiary alicyclic amines) is 1. The molecule has 86 valence electrons. The van der Waals surface area contributed by atoms with Crippen LogP contribution in [0.4, 0.5) is 4.79 Å². The summed E-state index contributed by atoms with van der Waals surface area (Å²) >= 11 is 3.78. The molecule has 1 aliphatic rings. The van der Waals surface area contributed by atoms with Crippen molar-refractivity contribution in [3.05, 3.63) is 0 Å². The van der Waals surface area contributed by atoms with Gasteiger partial charge in [0.25, 0.3) is 0 Å². The second-order valence-electron chi connectivity index (χ2n) is 4.20. The fourth-order valence-corrected chi connectivity index (χ4v) is 2.02. The Morgan fingerprint density at radius 3 is 2.20 bits per heavy atom. The molecule has 1 fully saturated rings. The average molecular weight is 230 g/mol. The standard InChI is InChI=1S/C10H18N2O2S/c1-7(2)8(9(13)15)11-10(14)12-5-3-4-6-12/h7-8H,3-6H2,1-2H3,(H,11,14)(H,13,15)/t8-/m0/s1. The Labute approximate surface area is 95.8 Å². The van der Waals surface area contributed by atoms with Gasteiger partial charge in [0.1, 0.15) is 6.04 Å². The molecule has 1 heterocycles. The number of carbonyl (C=O) groups excluding carboxylic acids is 2. The summed E-state index contributed by atoms with van der Waals surface area (Å²) in [5, 5.41) is 2.44. The lowest BCUT2D eigenvalue weighted by molar-refractivity contribution is -0.113. The van der Waals surface area contributed by atoms with Crippen LogP contribution >= 0.6 is 12.6 Å². The van der Waals surface area contributed by atoms with Crippen molar-refractivity contribution in [2.24, 2.45) is 5.92 Å². The third kappa shape index (κ3) is 3.41. The van der Waals surface area contributed by atoms with Crippen LogP contribution in [0.1, 0.15) is 26.7 Å². The second-order valence-corrected chi connectivity index (χ2v) is 4.64. The highest BCUT2D eigenvalue weighted by Gasteiger charge is 2.25. The van der Waals surface area contributed by atoms with Gasteiger partial charge in [-0.25, -0.2) is 4.79 Å². The lowest BCUT2D eigenvalue weighted by Gasteiger charge is -2.23. The normalized spacial score (nSPS) is 18.0. The van der Waals surface area contributed by atoms with Crippen molar-refractivity contribution in [3.63, 3.8) is 0 Å². The van der Waals surface area contributed by atoms with E-state index in [2.05, 4.69) is 17.9 Å². The van der Waals surface area contributed by atoms with E-state index in [1.807, 2.05) is 13.8 Å². The van der Waals surface area contributed by atoms with Crippen molar-refractivity contribution in [2.75, 3.05) is 13.1 Å². The lowest BCUT2D eigenvalue weighted by atomic mass is 10.1. The van der Waals surface area contributed by atoms with Gasteiger partial charge < -0.3 is 10.2 Å². The molecular weight excluding hydrogens is 212 g/mol. The Bertz CT molecular complexity index is 250. The number of amides is 2. The van der Waals surface area contributed by atoms with Crippen molar-refractivity contribution in [1.82, 2.24) is 10.2 Å². The van der Waals surface area contributed by atoms with Gasteiger partial charge in [0.15, 0.2) is 0 Å². The highest BCUT2D eigenvalue weighted by molar-refractivity contribution is 7.96. The molecule has 0 unspecified atom stereocenters. The van der Waals surface area contributed by atoms with Crippen LogP contribution in [-0.4, -0.2) is 35.2 Å². The van der Waals surface area contributed by atoms with Gasteiger partial charge in [-0.05, 0) is 18.8 Å². The number of rotatable bonds is 3. The molecule has 1 atom stereocenters. The first-order chi connectivity index (χ1) is 7.02. The molecule has 1 saturated heterocycles. The van der Waals surface area contributed by atoms with Crippen LogP contribution < -0.4 is 5.32 Å². The fraction of sp³-hybridized carbons (Fsp3) is 0.800. The van der Waals surface area contributed by atoms with E-state index in [1.54, 1.807) is 4.90 Å². The van der Waals surface area contributed by atoms with Crippen LogP contribution in [0.15, 0.2) is 0 Å². The van der Waals surface area contributed by atoms with E-state index in [0.29, 0.717) is 0 Å². The molecular formula is C10H18N2O2S. The minimum absolute atomic E-state index is 0.0709. The molecule has 2 amide bonds. The summed E-state index contributed by atoms with van der Waals surface area (Å²) < 4.78 is 0. The van der Waals surface area contributed by atoms with Crippen LogP contribution in [0.2, 0.25) is 0 Å². The van der Waals surface area contributed by atoms with Crippen LogP contribution in [0.25, 0.3) is 0 Å². The van der Waals surface area contributed by atoms with Gasteiger partial charge in [-0.1, -0.05) is 13.8 Å². The van der Waals surface area contributed by atoms with Crippen LogP contribution in [0.3, 0.4) is 0 Å². The Kier molecular flexibility index (Phi) is 4.45. The first-order valence-electron chi connectivity index (χ1n) is 5.30. The van der Waals surface area contributed by atoms with E-state index >= 15 is 0 Å². The molecule has 4 nitrogen and oxygen atoms in total. The molecule has 0 aromatic heterocycles. The largest absolute Gasteiger partial charge is 0.327 e. The fourth-order valence-electron chi connectivity index (χ4n) is 1.66. The van der Waals surface area contributed by atoms with E-state index in [9.17, 15) is 9.59 Å². The monoisotopic (exact) mass is 230 g/mol. The minimum atomic E-state index is -0.485. The van der Waals surface area contributed by atoms with Gasteiger partial charge in [-0.3, -0.25) is 4.79 Å². The second kappa shape index (κ2) is 5.39. The average Bonchev–Trinajstić information content (AvgIpc) is 2.65. The maximum atomic E-state index is 11.7. The lowest BCUT2D eigenvalue weighted by Crippen LogP contribution is -2.48. The molecule has 15 heavy (non-hydrogen) atoms. The van der Waals surface area contributed by atoms with Crippen molar-refractivity contribution in [2.45, 2.75) is 32.7 Å². The summed E-state index contributed by atoms with van der Waals surface area (Å²) in [6.45, 7) is 5.36. The van der Waals surface area contributed by atoms with Crippen molar-refractivity contribution in [3.8, 4) is 0 Å². The Hall–Kier alpha value is -0.710. The summed E-state index contributed by atoms with van der Waals surface area (Å²) in [5.74, 6) is 0.0709. The zero-order chi connectivity index (χ0) is 11.4. The molecule has 0 aromatic rings. The number of hydrogen-bond donors (Lipinski definition) is 2. The predicted molar refractivity (Wildman–Crippen MR) is 62.0 cm³/mol. The highest BCUT2D eigenvalue weighted by atomic mass is 32.1. The number of hydrogen-bond acceptors (Lipinski definition) is 2. The van der Waals surface area contributed by atoms with Crippen molar-refractivity contribution >= 4 is 23.8 Å². The number of carbonyl (C=O) groups is 2. The van der Waals surface area contributed by atoms with E-state index in [-0.39, 0.29) is 17.1 Å². The van der Waals surface area contributed by atoms with Gasteiger partial charge in [-0.2, -0.15) is 0 Å². The molecule has 0 aliphatic carbocycles. The zero-order valence-corrected chi connectivity index (χ0v) is 10.1. The topological polar surface area (TPSA) is 49.4 Å². The van der Waals surface area contributed by atoms with Gasteiger partial charge >= 0.3 is 6.03 Å². The molecule has 0 bridgehead atoms. The molecule has 0 radical (unpaired) electrons. The van der Waals surface area contributed by atoms with Crippen molar-refractivity contribution < 1.29 is 9.59 Å². The van der Waals surface area contributed by atoms with Gasteiger partial charge in [0, 0.05) is 13.1 Å². The number of urea groups is 1. The third-order valence-electron chi connectivity index (χ3n) is 2.60. The van der Waals surface area contributed by atoms with Crippen LogP contribution in [0.5, 0.6) is 0 Å². The van der Waals surface area contributed by atoms with E-state index in [0.717, 1.165) is 25.9 Å². The molecule has 0 saturated carbocycles. The highest BCUT2D eigenvalue weighted by Crippen LogP contribution is 2.10. The molecule has 0 aromatic carbocycles. The van der Waals surface area contributed by atoms with E-state index < -0.39 is 6.04 Å².